The van der Waals surface area contributed by atoms with Gasteiger partial charge in [0.25, 0.3) is 0 Å². The molecule has 0 amide bonds. The molecule has 0 aromatic rings. The highest BCUT2D eigenvalue weighted by molar-refractivity contribution is 5.74. The molecular weight excluding hydrogens is 224 g/mol. The fourth-order valence-corrected chi connectivity index (χ4v) is 0.734. The third-order valence-corrected chi connectivity index (χ3v) is 1.59. The Kier molecular flexibility index (Phi) is 4.96. The highest BCUT2D eigenvalue weighted by atomic mass is 16.7. The van der Waals surface area contributed by atoms with Crippen molar-refractivity contribution < 1.29 is 38.7 Å². The van der Waals surface area contributed by atoms with Gasteiger partial charge >= 0.3 is 12.3 Å². The highest BCUT2D eigenvalue weighted by Crippen LogP contribution is 2.12. The summed E-state index contributed by atoms with van der Waals surface area (Å²) in [7, 11) is 0. The van der Waals surface area contributed by atoms with E-state index in [1.54, 1.807) is 0 Å². The average Bonchev–Trinajstić information content (AvgIpc) is 2.96. The molecule has 0 aliphatic carbocycles. The Morgan fingerprint density at radius 1 is 1.06 bits per heavy atom. The Morgan fingerprint density at radius 3 is 1.62 bits per heavy atom. The van der Waals surface area contributed by atoms with Gasteiger partial charge in [0, 0.05) is 0 Å². The van der Waals surface area contributed by atoms with E-state index >= 15 is 0 Å². The van der Waals surface area contributed by atoms with Crippen LogP contribution in [0.25, 0.3) is 0 Å². The summed E-state index contributed by atoms with van der Waals surface area (Å²) < 4.78 is 18.2. The lowest BCUT2D eigenvalue weighted by atomic mass is 10.5. The van der Waals surface area contributed by atoms with E-state index in [1.165, 1.54) is 0 Å². The number of carboxylic acid groups (broad SMARTS) is 2. The van der Waals surface area contributed by atoms with Crippen molar-refractivity contribution in [3.63, 3.8) is 0 Å². The molecule has 2 rings (SSSR count). The van der Waals surface area contributed by atoms with Gasteiger partial charge in [0.2, 0.25) is 0 Å². The lowest BCUT2D eigenvalue weighted by molar-refractivity contribution is 0.0802. The van der Waals surface area contributed by atoms with Crippen molar-refractivity contribution in [3.05, 3.63) is 0 Å². The summed E-state index contributed by atoms with van der Waals surface area (Å²) in [6, 6.07) is 0. The van der Waals surface area contributed by atoms with Crippen molar-refractivity contribution in [1.29, 1.82) is 0 Å². The molecule has 0 radical (unpaired) electrons. The van der Waals surface area contributed by atoms with Gasteiger partial charge in [-0.15, -0.1) is 0 Å². The van der Waals surface area contributed by atoms with Crippen molar-refractivity contribution in [2.45, 2.75) is 12.2 Å². The largest absolute Gasteiger partial charge is 0.516 e. The van der Waals surface area contributed by atoms with Crippen LogP contribution in [0.1, 0.15) is 0 Å². The van der Waals surface area contributed by atoms with E-state index in [0.717, 1.165) is 26.4 Å². The molecule has 8 nitrogen and oxygen atoms in total. The standard InChI is InChI=1S/C6H10O3.C2H2O5/c1(5-3-8-5)7-2-6-4-9-6;3-1(4)7-2(5)6/h5-6H,1-4H2;(H,3,4)(H,5,6). The molecular formula is C8H12O8. The van der Waals surface area contributed by atoms with E-state index in [-0.39, 0.29) is 0 Å². The van der Waals surface area contributed by atoms with E-state index in [9.17, 15) is 9.59 Å². The quantitative estimate of drug-likeness (QED) is 0.402. The molecule has 2 saturated heterocycles. The van der Waals surface area contributed by atoms with E-state index in [1.807, 2.05) is 0 Å². The summed E-state index contributed by atoms with van der Waals surface area (Å²) in [5, 5.41) is 15.0. The highest BCUT2D eigenvalue weighted by Gasteiger charge is 2.26. The molecule has 0 aromatic carbocycles. The van der Waals surface area contributed by atoms with Crippen molar-refractivity contribution in [3.8, 4) is 0 Å². The van der Waals surface area contributed by atoms with Crippen LogP contribution in [0.2, 0.25) is 0 Å². The van der Waals surface area contributed by atoms with Gasteiger partial charge in [-0.25, -0.2) is 9.59 Å². The van der Waals surface area contributed by atoms with Gasteiger partial charge in [-0.05, 0) is 0 Å². The van der Waals surface area contributed by atoms with Gasteiger partial charge < -0.3 is 29.2 Å². The number of hydrogen-bond donors (Lipinski definition) is 2. The molecule has 2 N–H and O–H groups in total. The zero-order valence-electron chi connectivity index (χ0n) is 8.33. The molecule has 92 valence electrons. The number of ether oxygens (including phenoxy) is 4. The maximum absolute atomic E-state index is 9.21. The van der Waals surface area contributed by atoms with Crippen LogP contribution in [-0.2, 0) is 18.9 Å². The van der Waals surface area contributed by atoms with E-state index in [4.69, 9.17) is 24.4 Å². The minimum Gasteiger partial charge on any atom is -0.449 e. The zero-order chi connectivity index (χ0) is 12.0. The molecule has 2 unspecified atom stereocenters. The first-order chi connectivity index (χ1) is 7.58. The van der Waals surface area contributed by atoms with E-state index < -0.39 is 12.3 Å². The topological polar surface area (TPSA) is 118 Å². The van der Waals surface area contributed by atoms with Crippen LogP contribution in [0, 0.1) is 0 Å². The minimum absolute atomic E-state index is 0.392. The van der Waals surface area contributed by atoms with Crippen LogP contribution in [0.15, 0.2) is 0 Å². The smallest absolute Gasteiger partial charge is 0.449 e. The molecule has 0 bridgehead atoms. The average molecular weight is 236 g/mol. The molecule has 0 saturated carbocycles. The summed E-state index contributed by atoms with van der Waals surface area (Å²) in [5.74, 6) is 0. The third kappa shape index (κ3) is 7.97. The van der Waals surface area contributed by atoms with Crippen molar-refractivity contribution >= 4 is 12.3 Å². The van der Waals surface area contributed by atoms with Crippen molar-refractivity contribution in [2.75, 3.05) is 26.4 Å². The van der Waals surface area contributed by atoms with Gasteiger partial charge in [-0.3, -0.25) is 0 Å². The molecule has 2 aliphatic rings. The second-order valence-electron chi connectivity index (χ2n) is 3.08. The Bertz CT molecular complexity index is 220. The van der Waals surface area contributed by atoms with Gasteiger partial charge in [0.1, 0.15) is 12.2 Å². The van der Waals surface area contributed by atoms with Crippen LogP contribution in [0.4, 0.5) is 9.59 Å². The monoisotopic (exact) mass is 236 g/mol. The Labute approximate surface area is 90.7 Å². The number of carbonyl (C=O) groups is 2. The van der Waals surface area contributed by atoms with E-state index in [2.05, 4.69) is 4.74 Å². The predicted molar refractivity (Wildman–Crippen MR) is 47.4 cm³/mol. The van der Waals surface area contributed by atoms with Crippen molar-refractivity contribution in [1.82, 2.24) is 0 Å². The second kappa shape index (κ2) is 6.26. The fourth-order valence-electron chi connectivity index (χ4n) is 0.734. The molecule has 2 heterocycles. The van der Waals surface area contributed by atoms with Crippen molar-refractivity contribution in [2.24, 2.45) is 0 Å². The fraction of sp³-hybridized carbons (Fsp3) is 0.750. The second-order valence-corrected chi connectivity index (χ2v) is 3.08. The molecule has 2 fully saturated rings. The third-order valence-electron chi connectivity index (χ3n) is 1.59. The Hall–Kier alpha value is -1.38. The van der Waals surface area contributed by atoms with Gasteiger partial charge in [0.15, 0.2) is 0 Å². The van der Waals surface area contributed by atoms with Crippen LogP contribution in [0.5, 0.6) is 0 Å². The molecule has 0 aromatic heterocycles. The summed E-state index contributed by atoms with van der Waals surface area (Å²) in [4.78, 5) is 18.4. The maximum atomic E-state index is 9.21. The number of epoxide rings is 2. The summed E-state index contributed by atoms with van der Waals surface area (Å²) in [6.07, 6.45) is -2.84. The normalized spacial score (nSPS) is 25.0. The van der Waals surface area contributed by atoms with Crippen LogP contribution in [-0.4, -0.2) is 61.2 Å². The lowest BCUT2D eigenvalue weighted by Crippen LogP contribution is -2.06. The Balaban J connectivity index is 0.000000168. The minimum atomic E-state index is -1.81. The molecule has 2 atom stereocenters. The lowest BCUT2D eigenvalue weighted by Gasteiger charge is -1.95. The molecule has 0 spiro atoms. The SMILES string of the molecule is C(OCC1CO1)C1CO1.O=C(O)OC(=O)O. The van der Waals surface area contributed by atoms with Gasteiger partial charge in [-0.1, -0.05) is 0 Å². The molecule has 8 heteroatoms. The summed E-state index contributed by atoms with van der Waals surface area (Å²) >= 11 is 0. The number of rotatable bonds is 4. The van der Waals surface area contributed by atoms with E-state index in [0.29, 0.717) is 12.2 Å². The maximum Gasteiger partial charge on any atom is 0.516 e. The summed E-state index contributed by atoms with van der Waals surface area (Å²) in [5.41, 5.74) is 0. The van der Waals surface area contributed by atoms with Crippen LogP contribution < -0.4 is 0 Å². The predicted octanol–water partition coefficient (Wildman–Crippen LogP) is 0.160. The Morgan fingerprint density at radius 2 is 1.44 bits per heavy atom. The first kappa shape index (κ1) is 12.7. The summed E-state index contributed by atoms with van der Waals surface area (Å²) in [6.45, 7) is 3.26. The zero-order valence-corrected chi connectivity index (χ0v) is 8.33. The van der Waals surface area contributed by atoms with Crippen LogP contribution >= 0.6 is 0 Å². The molecule has 2 aliphatic heterocycles. The first-order valence-corrected chi connectivity index (χ1v) is 4.52. The molecule has 16 heavy (non-hydrogen) atoms. The van der Waals surface area contributed by atoms with Gasteiger partial charge in [0.05, 0.1) is 26.4 Å². The van der Waals surface area contributed by atoms with Crippen LogP contribution in [0.3, 0.4) is 0 Å². The first-order valence-electron chi connectivity index (χ1n) is 4.52. The number of hydrogen-bond acceptors (Lipinski definition) is 6. The van der Waals surface area contributed by atoms with Gasteiger partial charge in [-0.2, -0.15) is 0 Å².